The minimum atomic E-state index is -0.109. The van der Waals surface area contributed by atoms with Crippen LogP contribution in [0, 0.1) is 0 Å². The molecule has 0 bridgehead atoms. The molecule has 1 amide bonds. The second kappa shape index (κ2) is 6.98. The number of hydrogen-bond acceptors (Lipinski definition) is 5. The Morgan fingerprint density at radius 1 is 1.74 bits per heavy atom. The summed E-state index contributed by atoms with van der Waals surface area (Å²) in [4.78, 5) is 16.9. The minimum absolute atomic E-state index is 0.0192. The van der Waals surface area contributed by atoms with Crippen molar-refractivity contribution in [3.05, 3.63) is 16.1 Å². The van der Waals surface area contributed by atoms with Crippen LogP contribution in [0.2, 0.25) is 0 Å². The zero-order valence-corrected chi connectivity index (χ0v) is 11.9. The number of thiazole rings is 1. The third kappa shape index (κ3) is 3.75. The molecule has 106 valence electrons. The van der Waals surface area contributed by atoms with Crippen LogP contribution >= 0.6 is 11.3 Å². The number of rotatable bonds is 6. The van der Waals surface area contributed by atoms with Gasteiger partial charge in [0.1, 0.15) is 16.0 Å². The first kappa shape index (κ1) is 14.4. The first-order chi connectivity index (χ1) is 9.24. The largest absolute Gasteiger partial charge is 0.396 e. The van der Waals surface area contributed by atoms with E-state index in [0.717, 1.165) is 30.9 Å². The van der Waals surface area contributed by atoms with E-state index in [9.17, 15) is 4.79 Å². The van der Waals surface area contributed by atoms with Crippen LogP contribution in [-0.2, 0) is 4.74 Å². The van der Waals surface area contributed by atoms with E-state index < -0.39 is 0 Å². The highest BCUT2D eigenvalue weighted by Crippen LogP contribution is 2.31. The van der Waals surface area contributed by atoms with Crippen molar-refractivity contribution in [1.29, 1.82) is 0 Å². The van der Waals surface area contributed by atoms with E-state index in [-0.39, 0.29) is 24.7 Å². The van der Waals surface area contributed by atoms with Gasteiger partial charge in [0, 0.05) is 19.3 Å². The Kier molecular flexibility index (Phi) is 5.30. The first-order valence-electron chi connectivity index (χ1n) is 6.73. The molecular weight excluding hydrogens is 264 g/mol. The Morgan fingerprint density at radius 3 is 3.21 bits per heavy atom. The van der Waals surface area contributed by atoms with Gasteiger partial charge in [0.2, 0.25) is 0 Å². The summed E-state index contributed by atoms with van der Waals surface area (Å²) in [6.07, 6.45) is 5.11. The Hall–Kier alpha value is -0.980. The Bertz CT molecular complexity index is 416. The van der Waals surface area contributed by atoms with Crippen LogP contribution in [0.25, 0.3) is 0 Å². The molecule has 2 rings (SSSR count). The van der Waals surface area contributed by atoms with Crippen molar-refractivity contribution in [3.8, 4) is 0 Å². The minimum Gasteiger partial charge on any atom is -0.396 e. The lowest BCUT2D eigenvalue weighted by Crippen LogP contribution is -2.34. The molecule has 6 heteroatoms. The smallest absolute Gasteiger partial charge is 0.263 e. The highest BCUT2D eigenvalue weighted by molar-refractivity contribution is 7.13. The number of aliphatic hydroxyl groups excluding tert-OH is 1. The average molecular weight is 284 g/mol. The van der Waals surface area contributed by atoms with Gasteiger partial charge in [0.25, 0.3) is 5.91 Å². The second-order valence-corrected chi connectivity index (χ2v) is 5.72. The van der Waals surface area contributed by atoms with Crippen LogP contribution in [0.15, 0.2) is 6.20 Å². The molecule has 2 N–H and O–H groups in total. The summed E-state index contributed by atoms with van der Waals surface area (Å²) in [7, 11) is 0. The van der Waals surface area contributed by atoms with E-state index in [1.54, 1.807) is 6.20 Å². The Balaban J connectivity index is 1.95. The van der Waals surface area contributed by atoms with Gasteiger partial charge in [0.05, 0.1) is 6.20 Å². The lowest BCUT2D eigenvalue weighted by Gasteiger charge is -2.14. The summed E-state index contributed by atoms with van der Waals surface area (Å²) in [6, 6.07) is 0.0192. The van der Waals surface area contributed by atoms with Gasteiger partial charge in [-0.2, -0.15) is 0 Å². The molecule has 1 saturated heterocycles. The normalized spacial score (nSPS) is 20.4. The van der Waals surface area contributed by atoms with Crippen molar-refractivity contribution in [2.24, 2.45) is 0 Å². The standard InChI is InChI=1S/C13H20N2O3S/c1-2-9(5-6-16)15-12(17)11-8-14-13(19-11)10-4-3-7-18-10/h8-10,16H,2-7H2,1H3,(H,15,17). The van der Waals surface area contributed by atoms with Gasteiger partial charge in [0.15, 0.2) is 0 Å². The summed E-state index contributed by atoms with van der Waals surface area (Å²) in [5, 5.41) is 12.7. The Morgan fingerprint density at radius 2 is 2.58 bits per heavy atom. The van der Waals surface area contributed by atoms with Gasteiger partial charge in [-0.1, -0.05) is 6.92 Å². The predicted octanol–water partition coefficient (Wildman–Crippen LogP) is 1.89. The van der Waals surface area contributed by atoms with Crippen LogP contribution in [0.3, 0.4) is 0 Å². The molecule has 0 aliphatic carbocycles. The van der Waals surface area contributed by atoms with Crippen molar-refractivity contribution in [3.63, 3.8) is 0 Å². The van der Waals surface area contributed by atoms with Gasteiger partial charge >= 0.3 is 0 Å². The second-order valence-electron chi connectivity index (χ2n) is 4.66. The van der Waals surface area contributed by atoms with Crippen molar-refractivity contribution >= 4 is 17.2 Å². The van der Waals surface area contributed by atoms with Crippen LogP contribution in [0.1, 0.15) is 53.4 Å². The number of ether oxygens (including phenoxy) is 1. The number of hydrogen-bond donors (Lipinski definition) is 2. The fourth-order valence-corrected chi connectivity index (χ4v) is 3.01. The van der Waals surface area contributed by atoms with E-state index >= 15 is 0 Å². The third-order valence-corrected chi connectivity index (χ3v) is 4.35. The lowest BCUT2D eigenvalue weighted by molar-refractivity contribution is 0.0933. The molecule has 5 nitrogen and oxygen atoms in total. The van der Waals surface area contributed by atoms with Gasteiger partial charge in [-0.3, -0.25) is 4.79 Å². The van der Waals surface area contributed by atoms with Gasteiger partial charge in [-0.15, -0.1) is 11.3 Å². The average Bonchev–Trinajstić information content (AvgIpc) is 3.08. The first-order valence-corrected chi connectivity index (χ1v) is 7.55. The van der Waals surface area contributed by atoms with E-state index in [0.29, 0.717) is 11.3 Å². The molecule has 2 unspecified atom stereocenters. The van der Waals surface area contributed by atoms with E-state index in [1.165, 1.54) is 11.3 Å². The number of nitrogens with one attached hydrogen (secondary N) is 1. The molecule has 1 fully saturated rings. The number of aliphatic hydroxyl groups is 1. The summed E-state index contributed by atoms with van der Waals surface area (Å²) in [6.45, 7) is 2.86. The topological polar surface area (TPSA) is 71.5 Å². The third-order valence-electron chi connectivity index (χ3n) is 3.26. The molecule has 19 heavy (non-hydrogen) atoms. The molecule has 0 aromatic carbocycles. The predicted molar refractivity (Wildman–Crippen MR) is 73.3 cm³/mol. The molecule has 1 aromatic heterocycles. The number of carbonyl (C=O) groups is 1. The van der Waals surface area contributed by atoms with Crippen molar-refractivity contribution < 1.29 is 14.6 Å². The van der Waals surface area contributed by atoms with Crippen molar-refractivity contribution in [2.45, 2.75) is 44.8 Å². The van der Waals surface area contributed by atoms with E-state index in [1.807, 2.05) is 6.92 Å². The monoisotopic (exact) mass is 284 g/mol. The molecule has 2 heterocycles. The fourth-order valence-electron chi connectivity index (χ4n) is 2.10. The molecule has 0 radical (unpaired) electrons. The molecular formula is C13H20N2O3S. The maximum absolute atomic E-state index is 12.1. The van der Waals surface area contributed by atoms with Gasteiger partial charge in [-0.05, 0) is 25.7 Å². The van der Waals surface area contributed by atoms with E-state index in [4.69, 9.17) is 9.84 Å². The summed E-state index contributed by atoms with van der Waals surface area (Å²) >= 11 is 1.40. The lowest BCUT2D eigenvalue weighted by atomic mass is 10.1. The van der Waals surface area contributed by atoms with Crippen LogP contribution in [-0.4, -0.2) is 35.3 Å². The molecule has 1 aromatic rings. The van der Waals surface area contributed by atoms with Crippen LogP contribution < -0.4 is 5.32 Å². The van der Waals surface area contributed by atoms with E-state index in [2.05, 4.69) is 10.3 Å². The van der Waals surface area contributed by atoms with Crippen LogP contribution in [0.4, 0.5) is 0 Å². The number of nitrogens with zero attached hydrogens (tertiary/aromatic N) is 1. The Labute approximate surface area is 117 Å². The molecule has 1 aliphatic rings. The zero-order chi connectivity index (χ0) is 13.7. The zero-order valence-electron chi connectivity index (χ0n) is 11.1. The quantitative estimate of drug-likeness (QED) is 0.836. The molecule has 0 saturated carbocycles. The summed E-state index contributed by atoms with van der Waals surface area (Å²) in [5.41, 5.74) is 0. The van der Waals surface area contributed by atoms with Gasteiger partial charge in [-0.25, -0.2) is 4.98 Å². The highest BCUT2D eigenvalue weighted by atomic mass is 32.1. The molecule has 2 atom stereocenters. The van der Waals surface area contributed by atoms with Crippen LogP contribution in [0.5, 0.6) is 0 Å². The maximum Gasteiger partial charge on any atom is 0.263 e. The number of aromatic nitrogens is 1. The number of carbonyl (C=O) groups excluding carboxylic acids is 1. The SMILES string of the molecule is CCC(CCO)NC(=O)c1cnc(C2CCCO2)s1. The highest BCUT2D eigenvalue weighted by Gasteiger charge is 2.22. The van der Waals surface area contributed by atoms with Crippen molar-refractivity contribution in [2.75, 3.05) is 13.2 Å². The summed E-state index contributed by atoms with van der Waals surface area (Å²) in [5.74, 6) is -0.109. The molecule has 1 aliphatic heterocycles. The fraction of sp³-hybridized carbons (Fsp3) is 0.692. The summed E-state index contributed by atoms with van der Waals surface area (Å²) < 4.78 is 5.56. The molecule has 0 spiro atoms. The van der Waals surface area contributed by atoms with Gasteiger partial charge < -0.3 is 15.2 Å². The maximum atomic E-state index is 12.1. The number of amides is 1. The van der Waals surface area contributed by atoms with Crippen molar-refractivity contribution in [1.82, 2.24) is 10.3 Å².